The van der Waals surface area contributed by atoms with Gasteiger partial charge in [0.25, 0.3) is 0 Å². The molecule has 35 heavy (non-hydrogen) atoms. The van der Waals surface area contributed by atoms with Gasteiger partial charge in [-0.15, -0.1) is 0 Å². The monoisotopic (exact) mass is 488 g/mol. The van der Waals surface area contributed by atoms with E-state index in [1.807, 2.05) is 37.3 Å². The van der Waals surface area contributed by atoms with Crippen molar-refractivity contribution in [3.8, 4) is 5.75 Å². The molecule has 0 spiro atoms. The number of alkyl halides is 3. The van der Waals surface area contributed by atoms with Crippen LogP contribution in [0.5, 0.6) is 5.75 Å². The van der Waals surface area contributed by atoms with Crippen molar-refractivity contribution in [2.45, 2.75) is 78.7 Å². The van der Waals surface area contributed by atoms with E-state index in [4.69, 9.17) is 9.47 Å². The van der Waals surface area contributed by atoms with Crippen LogP contribution in [0.3, 0.4) is 0 Å². The predicted octanol–water partition coefficient (Wildman–Crippen LogP) is 7.65. The lowest BCUT2D eigenvalue weighted by Gasteiger charge is -2.28. The number of rotatable bonds is 8. The minimum absolute atomic E-state index is 0.0101. The van der Waals surface area contributed by atoms with Crippen LogP contribution in [0.2, 0.25) is 19.0 Å². The largest absolute Gasteiger partial charge is 0.475 e. The summed E-state index contributed by atoms with van der Waals surface area (Å²) in [6, 6.07) is 13.1. The van der Waals surface area contributed by atoms with E-state index < -0.39 is 23.8 Å². The van der Waals surface area contributed by atoms with Gasteiger partial charge in [0.15, 0.2) is 0 Å². The van der Waals surface area contributed by atoms with Crippen molar-refractivity contribution in [2.24, 2.45) is 0 Å². The molecule has 1 atom stereocenters. The Morgan fingerprint density at radius 2 is 1.60 bits per heavy atom. The Morgan fingerprint density at radius 3 is 2.09 bits per heavy atom. The standard InChI is InChI=1S/C22H21F3O3.C6H15B/c1-3-15-11-17-12-18(21(26)27-4-2)20(22(23,24)25)28-19(17)13-16(15)10-14-8-6-5-7-9-14;1-4-7(5-2)6-3/h5-9,11-13,20H,3-4,10H2,1-2H3;4-6H2,1-3H3. The summed E-state index contributed by atoms with van der Waals surface area (Å²) < 4.78 is 50.6. The molecule has 0 saturated heterocycles. The van der Waals surface area contributed by atoms with Crippen LogP contribution in [-0.2, 0) is 22.4 Å². The number of hydrogen-bond donors (Lipinski definition) is 0. The van der Waals surface area contributed by atoms with Gasteiger partial charge in [-0.3, -0.25) is 0 Å². The van der Waals surface area contributed by atoms with Gasteiger partial charge >= 0.3 is 12.1 Å². The zero-order valence-electron chi connectivity index (χ0n) is 21.4. The fourth-order valence-electron chi connectivity index (χ4n) is 4.13. The highest BCUT2D eigenvalue weighted by Crippen LogP contribution is 2.39. The Labute approximate surface area is 207 Å². The van der Waals surface area contributed by atoms with Crippen LogP contribution in [0.25, 0.3) is 6.08 Å². The summed E-state index contributed by atoms with van der Waals surface area (Å²) in [7, 11) is 0. The second-order valence-corrected chi connectivity index (χ2v) is 8.63. The molecule has 3 nitrogen and oxygen atoms in total. The Balaban J connectivity index is 0.000000540. The fourth-order valence-corrected chi connectivity index (χ4v) is 4.13. The molecule has 0 radical (unpaired) electrons. The Morgan fingerprint density at radius 1 is 0.971 bits per heavy atom. The third-order valence-corrected chi connectivity index (χ3v) is 6.33. The summed E-state index contributed by atoms with van der Waals surface area (Å²) in [6.07, 6.45) is -0.463. The maximum Gasteiger partial charge on any atom is 0.430 e. The van der Waals surface area contributed by atoms with Crippen molar-refractivity contribution >= 4 is 18.8 Å². The number of carbonyl (C=O) groups excluding carboxylic acids is 1. The molecule has 2 aromatic carbocycles. The van der Waals surface area contributed by atoms with Gasteiger partial charge in [-0.25, -0.2) is 4.79 Å². The Kier molecular flexibility index (Phi) is 10.9. The van der Waals surface area contributed by atoms with E-state index in [1.165, 1.54) is 25.0 Å². The zero-order chi connectivity index (χ0) is 26.0. The number of carbonyl (C=O) groups is 1. The van der Waals surface area contributed by atoms with Crippen molar-refractivity contribution < 1.29 is 27.4 Å². The average molecular weight is 488 g/mol. The van der Waals surface area contributed by atoms with Crippen molar-refractivity contribution in [3.63, 3.8) is 0 Å². The molecule has 0 fully saturated rings. The molecule has 2 aromatic rings. The first-order valence-electron chi connectivity index (χ1n) is 12.5. The molecular weight excluding hydrogens is 452 g/mol. The molecule has 0 aromatic heterocycles. The number of ether oxygens (including phenoxy) is 2. The third-order valence-electron chi connectivity index (χ3n) is 6.33. The van der Waals surface area contributed by atoms with Gasteiger partial charge < -0.3 is 9.47 Å². The van der Waals surface area contributed by atoms with Crippen LogP contribution in [0.1, 0.15) is 56.9 Å². The Bertz CT molecular complexity index is 977. The molecule has 0 aliphatic carbocycles. The first-order valence-corrected chi connectivity index (χ1v) is 12.5. The van der Waals surface area contributed by atoms with Gasteiger partial charge in [0.05, 0.1) is 12.2 Å². The van der Waals surface area contributed by atoms with E-state index in [2.05, 4.69) is 20.8 Å². The second-order valence-electron chi connectivity index (χ2n) is 8.63. The smallest absolute Gasteiger partial charge is 0.430 e. The third kappa shape index (κ3) is 7.91. The molecule has 1 aliphatic heterocycles. The van der Waals surface area contributed by atoms with Gasteiger partial charge in [-0.1, -0.05) is 77.0 Å². The molecule has 1 unspecified atom stereocenters. The zero-order valence-corrected chi connectivity index (χ0v) is 21.4. The molecule has 0 N–H and O–H groups in total. The molecule has 3 rings (SSSR count). The Hall–Kier alpha value is -2.70. The van der Waals surface area contributed by atoms with Crippen LogP contribution >= 0.6 is 0 Å². The lowest BCUT2D eigenvalue weighted by Crippen LogP contribution is -2.40. The summed E-state index contributed by atoms with van der Waals surface area (Å²) in [5.41, 5.74) is 2.89. The number of hydrogen-bond acceptors (Lipinski definition) is 3. The highest BCUT2D eigenvalue weighted by molar-refractivity contribution is 6.58. The maximum atomic E-state index is 13.5. The van der Waals surface area contributed by atoms with Crippen LogP contribution in [0.4, 0.5) is 13.2 Å². The molecule has 0 bridgehead atoms. The van der Waals surface area contributed by atoms with Crippen molar-refractivity contribution in [1.29, 1.82) is 0 Å². The van der Waals surface area contributed by atoms with Gasteiger partial charge in [0.2, 0.25) is 6.10 Å². The van der Waals surface area contributed by atoms with Crippen molar-refractivity contribution in [1.82, 2.24) is 0 Å². The quantitative estimate of drug-likeness (QED) is 0.283. The summed E-state index contributed by atoms with van der Waals surface area (Å²) in [5, 5.41) is 0. The number of fused-ring (bicyclic) bond motifs is 1. The maximum absolute atomic E-state index is 13.5. The minimum Gasteiger partial charge on any atom is -0.475 e. The van der Waals surface area contributed by atoms with Gasteiger partial charge in [-0.05, 0) is 54.7 Å². The lowest BCUT2D eigenvalue weighted by atomic mass is 9.44. The van der Waals surface area contributed by atoms with Crippen LogP contribution < -0.4 is 4.74 Å². The number of aryl methyl sites for hydroxylation is 1. The summed E-state index contributed by atoms with van der Waals surface area (Å²) >= 11 is 0. The molecule has 1 aliphatic rings. The van der Waals surface area contributed by atoms with E-state index in [1.54, 1.807) is 19.1 Å². The summed E-state index contributed by atoms with van der Waals surface area (Å²) in [4.78, 5) is 12.1. The molecule has 0 amide bonds. The molecule has 1 heterocycles. The highest BCUT2D eigenvalue weighted by Gasteiger charge is 2.48. The predicted molar refractivity (Wildman–Crippen MR) is 137 cm³/mol. The summed E-state index contributed by atoms with van der Waals surface area (Å²) in [6.45, 7) is 11.3. The first-order chi connectivity index (χ1) is 16.7. The van der Waals surface area contributed by atoms with E-state index in [9.17, 15) is 18.0 Å². The average Bonchev–Trinajstić information content (AvgIpc) is 2.84. The van der Waals surface area contributed by atoms with Crippen LogP contribution in [0, 0.1) is 0 Å². The van der Waals surface area contributed by atoms with E-state index in [0.29, 0.717) is 18.4 Å². The van der Waals surface area contributed by atoms with Crippen molar-refractivity contribution in [3.05, 3.63) is 70.3 Å². The molecule has 7 heteroatoms. The minimum atomic E-state index is -4.72. The van der Waals surface area contributed by atoms with Crippen LogP contribution in [-0.4, -0.2) is 31.6 Å². The van der Waals surface area contributed by atoms with E-state index in [-0.39, 0.29) is 12.4 Å². The first kappa shape index (κ1) is 28.5. The topological polar surface area (TPSA) is 35.5 Å². The van der Waals surface area contributed by atoms with E-state index >= 15 is 0 Å². The van der Waals surface area contributed by atoms with E-state index in [0.717, 1.165) is 23.4 Å². The number of halogens is 3. The van der Waals surface area contributed by atoms with Crippen LogP contribution in [0.15, 0.2) is 48.0 Å². The van der Waals surface area contributed by atoms with Gasteiger partial charge in [0, 0.05) is 5.56 Å². The number of benzene rings is 2. The van der Waals surface area contributed by atoms with Gasteiger partial charge in [-0.2, -0.15) is 13.2 Å². The molecule has 190 valence electrons. The fraction of sp³-hybridized carbons (Fsp3) is 0.464. The highest BCUT2D eigenvalue weighted by atomic mass is 19.4. The van der Waals surface area contributed by atoms with Crippen molar-refractivity contribution in [2.75, 3.05) is 6.61 Å². The normalized spacial score (nSPS) is 14.6. The SMILES string of the molecule is CCB(CC)CC.CCOC(=O)C1=Cc2cc(CC)c(Cc3ccccc3)cc2OC1C(F)(F)F. The van der Waals surface area contributed by atoms with Gasteiger partial charge in [0.1, 0.15) is 12.5 Å². The molecule has 0 saturated carbocycles. The molecular formula is C28H36BF3O3. The second kappa shape index (κ2) is 13.4. The summed E-state index contributed by atoms with van der Waals surface area (Å²) in [5.74, 6) is -0.889. The lowest BCUT2D eigenvalue weighted by molar-refractivity contribution is -0.187. The number of esters is 1.